The van der Waals surface area contributed by atoms with E-state index in [4.69, 9.17) is 0 Å². The minimum Gasteiger partial charge on any atom is -0.337 e. The summed E-state index contributed by atoms with van der Waals surface area (Å²) < 4.78 is 25.6. The van der Waals surface area contributed by atoms with Crippen LogP contribution in [0.3, 0.4) is 0 Å². The predicted molar refractivity (Wildman–Crippen MR) is 107 cm³/mol. The van der Waals surface area contributed by atoms with Gasteiger partial charge in [0.05, 0.1) is 11.0 Å². The van der Waals surface area contributed by atoms with Crippen LogP contribution in [0, 0.1) is 0 Å². The van der Waals surface area contributed by atoms with Gasteiger partial charge in [0.1, 0.15) is 5.54 Å². The Hall–Kier alpha value is -3.82. The molecule has 1 unspecified atom stereocenters. The highest BCUT2D eigenvalue weighted by Crippen LogP contribution is 2.23. The Bertz CT molecular complexity index is 1160. The molecule has 4 amide bonds. The van der Waals surface area contributed by atoms with Gasteiger partial charge in [-0.25, -0.2) is 18.6 Å². The van der Waals surface area contributed by atoms with E-state index in [9.17, 15) is 23.2 Å². The zero-order valence-corrected chi connectivity index (χ0v) is 16.5. The molecule has 3 N–H and O–H groups in total. The molecule has 1 fully saturated rings. The number of hydrogen-bond donors (Lipinski definition) is 3. The van der Waals surface area contributed by atoms with Crippen molar-refractivity contribution in [2.75, 3.05) is 0 Å². The van der Waals surface area contributed by atoms with E-state index >= 15 is 0 Å². The van der Waals surface area contributed by atoms with E-state index in [1.165, 1.54) is 18.2 Å². The average molecular weight is 427 g/mol. The largest absolute Gasteiger partial charge is 0.344 e. The van der Waals surface area contributed by atoms with Crippen LogP contribution in [0.2, 0.25) is 0 Å². The number of aromatic nitrogens is 2. The van der Waals surface area contributed by atoms with Crippen LogP contribution in [0.25, 0.3) is 11.0 Å². The summed E-state index contributed by atoms with van der Waals surface area (Å²) >= 11 is 0. The minimum atomic E-state index is -2.77. The first-order valence-electron chi connectivity index (χ1n) is 9.56. The number of fused-ring (bicyclic) bond motifs is 1. The summed E-state index contributed by atoms with van der Waals surface area (Å²) in [5, 5.41) is 3.27. The van der Waals surface area contributed by atoms with Crippen LogP contribution < -0.4 is 10.7 Å². The van der Waals surface area contributed by atoms with Gasteiger partial charge in [0.25, 0.3) is 18.2 Å². The normalized spacial score (nSPS) is 18.6. The molecular weight excluding hydrogens is 408 g/mol. The predicted octanol–water partition coefficient (Wildman–Crippen LogP) is 3.09. The number of hydrazine groups is 1. The summed E-state index contributed by atoms with van der Waals surface area (Å²) in [6, 6.07) is 12.9. The maximum Gasteiger partial charge on any atom is 0.344 e. The third-order valence-electron chi connectivity index (χ3n) is 5.20. The average Bonchev–Trinajstić information content (AvgIpc) is 3.27. The van der Waals surface area contributed by atoms with Crippen LogP contribution >= 0.6 is 0 Å². The highest BCUT2D eigenvalue weighted by molar-refractivity contribution is 6.09. The second-order valence-corrected chi connectivity index (χ2v) is 7.48. The van der Waals surface area contributed by atoms with Gasteiger partial charge in [-0.2, -0.15) is 5.01 Å². The van der Waals surface area contributed by atoms with Crippen LogP contribution in [0.15, 0.2) is 48.5 Å². The van der Waals surface area contributed by atoms with Crippen molar-refractivity contribution in [3.05, 3.63) is 65.5 Å². The summed E-state index contributed by atoms with van der Waals surface area (Å²) in [4.78, 5) is 44.0. The standard InChI is InChI=1S/C21H19F2N5O3/c1-21(10-9-12-5-3-2-4-6-12)19(30)28(20(31)26-21)27-18(29)13-7-8-14-15(11-13)25-17(24-14)16(22)23/h2-8,11,16H,9-10H2,1H3,(H,24,25)(H,26,31)(H,27,29). The van der Waals surface area contributed by atoms with Gasteiger partial charge in [0, 0.05) is 5.56 Å². The maximum atomic E-state index is 12.8. The highest BCUT2D eigenvalue weighted by Gasteiger charge is 2.48. The fourth-order valence-electron chi connectivity index (χ4n) is 3.43. The quantitative estimate of drug-likeness (QED) is 0.526. The molecule has 0 radical (unpaired) electrons. The first-order chi connectivity index (χ1) is 14.8. The summed E-state index contributed by atoms with van der Waals surface area (Å²) in [5.41, 5.74) is 2.74. The van der Waals surface area contributed by atoms with Gasteiger partial charge >= 0.3 is 6.03 Å². The molecule has 3 aromatic rings. The molecule has 2 heterocycles. The summed E-state index contributed by atoms with van der Waals surface area (Å²) in [5.74, 6) is -1.81. The summed E-state index contributed by atoms with van der Waals surface area (Å²) in [6.07, 6.45) is -1.86. The Morgan fingerprint density at radius 2 is 1.94 bits per heavy atom. The molecule has 2 aromatic carbocycles. The lowest BCUT2D eigenvalue weighted by Gasteiger charge is -2.21. The Balaban J connectivity index is 1.47. The lowest BCUT2D eigenvalue weighted by atomic mass is 9.93. The van der Waals surface area contributed by atoms with Gasteiger partial charge in [0.2, 0.25) is 0 Å². The second kappa shape index (κ2) is 7.78. The molecule has 0 bridgehead atoms. The SMILES string of the molecule is CC1(CCc2ccccc2)NC(=O)N(NC(=O)c2ccc3nc(C(F)F)[nH]c3c2)C1=O. The minimum absolute atomic E-state index is 0.0791. The zero-order chi connectivity index (χ0) is 22.2. The smallest absolute Gasteiger partial charge is 0.337 e. The monoisotopic (exact) mass is 427 g/mol. The van der Waals surface area contributed by atoms with Crippen molar-refractivity contribution in [3.8, 4) is 0 Å². The number of imide groups is 1. The van der Waals surface area contributed by atoms with E-state index in [2.05, 4.69) is 20.7 Å². The number of imidazole rings is 1. The van der Waals surface area contributed by atoms with E-state index < -0.39 is 35.6 Å². The summed E-state index contributed by atoms with van der Waals surface area (Å²) in [6.45, 7) is 1.60. The van der Waals surface area contributed by atoms with Crippen LogP contribution in [0.1, 0.15) is 41.5 Å². The number of alkyl halides is 2. The van der Waals surface area contributed by atoms with Gasteiger partial charge in [-0.3, -0.25) is 15.0 Å². The molecule has 1 aliphatic heterocycles. The molecule has 4 rings (SSSR count). The number of urea groups is 1. The molecule has 160 valence electrons. The lowest BCUT2D eigenvalue weighted by molar-refractivity contribution is -0.132. The highest BCUT2D eigenvalue weighted by atomic mass is 19.3. The number of benzene rings is 2. The second-order valence-electron chi connectivity index (χ2n) is 7.48. The molecule has 31 heavy (non-hydrogen) atoms. The van der Waals surface area contributed by atoms with Crippen molar-refractivity contribution in [2.45, 2.75) is 31.7 Å². The molecule has 1 atom stereocenters. The number of nitrogens with zero attached hydrogens (tertiary/aromatic N) is 2. The van der Waals surface area contributed by atoms with Crippen LogP contribution in [0.5, 0.6) is 0 Å². The van der Waals surface area contributed by atoms with E-state index in [-0.39, 0.29) is 16.6 Å². The van der Waals surface area contributed by atoms with Crippen molar-refractivity contribution < 1.29 is 23.2 Å². The number of H-pyrrole nitrogens is 1. The van der Waals surface area contributed by atoms with Crippen molar-refractivity contribution >= 4 is 28.9 Å². The van der Waals surface area contributed by atoms with E-state index in [1.54, 1.807) is 6.92 Å². The fraction of sp³-hybridized carbons (Fsp3) is 0.238. The number of hydrogen-bond acceptors (Lipinski definition) is 4. The van der Waals surface area contributed by atoms with Crippen molar-refractivity contribution in [1.29, 1.82) is 0 Å². The Labute approximate surface area is 175 Å². The number of rotatable bonds is 6. The van der Waals surface area contributed by atoms with Gasteiger partial charge in [-0.1, -0.05) is 30.3 Å². The zero-order valence-electron chi connectivity index (χ0n) is 16.5. The fourth-order valence-corrected chi connectivity index (χ4v) is 3.43. The number of carbonyl (C=O) groups is 3. The van der Waals surface area contributed by atoms with Crippen molar-refractivity contribution in [2.24, 2.45) is 0 Å². The Morgan fingerprint density at radius 3 is 2.65 bits per heavy atom. The molecule has 0 spiro atoms. The number of amides is 4. The molecule has 0 aliphatic carbocycles. The molecule has 0 saturated carbocycles. The maximum absolute atomic E-state index is 12.8. The molecule has 1 aromatic heterocycles. The third kappa shape index (κ3) is 3.96. The Kier molecular flexibility index (Phi) is 5.14. The van der Waals surface area contributed by atoms with Crippen LogP contribution in [-0.2, 0) is 11.2 Å². The molecule has 8 nitrogen and oxygen atoms in total. The third-order valence-corrected chi connectivity index (χ3v) is 5.20. The Morgan fingerprint density at radius 1 is 1.19 bits per heavy atom. The van der Waals surface area contributed by atoms with Crippen molar-refractivity contribution in [3.63, 3.8) is 0 Å². The first-order valence-corrected chi connectivity index (χ1v) is 9.56. The molecule has 1 saturated heterocycles. The van der Waals surface area contributed by atoms with Crippen molar-refractivity contribution in [1.82, 2.24) is 25.7 Å². The number of carbonyl (C=O) groups excluding carboxylic acids is 3. The van der Waals surface area contributed by atoms with Crippen LogP contribution in [-0.4, -0.2) is 38.4 Å². The number of aryl methyl sites for hydroxylation is 1. The van der Waals surface area contributed by atoms with E-state index in [1.807, 2.05) is 30.3 Å². The number of nitrogens with one attached hydrogen (secondary N) is 3. The topological polar surface area (TPSA) is 107 Å². The molecule has 10 heteroatoms. The lowest BCUT2D eigenvalue weighted by Crippen LogP contribution is -2.48. The van der Waals surface area contributed by atoms with E-state index in [0.717, 1.165) is 5.56 Å². The summed E-state index contributed by atoms with van der Waals surface area (Å²) in [7, 11) is 0. The number of aromatic amines is 1. The molecule has 1 aliphatic rings. The van der Waals surface area contributed by atoms with Gasteiger partial charge < -0.3 is 10.3 Å². The number of halogens is 2. The first kappa shape index (κ1) is 20.5. The van der Waals surface area contributed by atoms with E-state index in [0.29, 0.717) is 17.9 Å². The van der Waals surface area contributed by atoms with Gasteiger partial charge in [-0.05, 0) is 43.5 Å². The van der Waals surface area contributed by atoms with Gasteiger partial charge in [0.15, 0.2) is 5.82 Å². The molecular formula is C21H19F2N5O3. The van der Waals surface area contributed by atoms with Crippen LogP contribution in [0.4, 0.5) is 13.6 Å². The van der Waals surface area contributed by atoms with Gasteiger partial charge in [-0.15, -0.1) is 0 Å².